The molecule has 4 rings (SSSR count). The number of aryl methyl sites for hydroxylation is 1. The second-order valence-electron chi connectivity index (χ2n) is 5.93. The number of amides is 1. The largest absolute Gasteiger partial charge is 0.460 e. The Morgan fingerprint density at radius 2 is 2.17 bits per heavy atom. The first-order valence-corrected chi connectivity index (χ1v) is 7.88. The molecule has 4 heterocycles. The summed E-state index contributed by atoms with van der Waals surface area (Å²) < 4.78 is 10.3. The highest BCUT2D eigenvalue weighted by molar-refractivity contribution is 5.93. The molecule has 1 aliphatic rings. The van der Waals surface area contributed by atoms with Crippen LogP contribution in [-0.2, 0) is 0 Å². The maximum absolute atomic E-state index is 12.6. The van der Waals surface area contributed by atoms with Crippen LogP contribution in [0.5, 0.6) is 0 Å². The lowest BCUT2D eigenvalue weighted by atomic mass is 9.96. The lowest BCUT2D eigenvalue weighted by Crippen LogP contribution is -2.38. The van der Waals surface area contributed by atoms with Gasteiger partial charge in [0.1, 0.15) is 11.5 Å². The predicted molar refractivity (Wildman–Crippen MR) is 83.2 cm³/mol. The van der Waals surface area contributed by atoms with Crippen LogP contribution >= 0.6 is 0 Å². The Kier molecular flexibility index (Phi) is 3.64. The molecule has 3 aromatic heterocycles. The summed E-state index contributed by atoms with van der Waals surface area (Å²) in [7, 11) is 0. The van der Waals surface area contributed by atoms with Crippen LogP contribution in [0, 0.1) is 6.92 Å². The Morgan fingerprint density at radius 3 is 2.83 bits per heavy atom. The van der Waals surface area contributed by atoms with Gasteiger partial charge < -0.3 is 13.8 Å². The highest BCUT2D eigenvalue weighted by Crippen LogP contribution is 2.26. The lowest BCUT2D eigenvalue weighted by Gasteiger charge is -2.30. The average Bonchev–Trinajstić information content (AvgIpc) is 3.35. The Labute approximate surface area is 137 Å². The van der Waals surface area contributed by atoms with E-state index in [0.717, 1.165) is 24.4 Å². The van der Waals surface area contributed by atoms with E-state index in [2.05, 4.69) is 20.3 Å². The molecule has 3 aromatic rings. The molecule has 1 N–H and O–H groups in total. The van der Waals surface area contributed by atoms with Crippen molar-refractivity contribution < 1.29 is 13.7 Å². The van der Waals surface area contributed by atoms with E-state index in [4.69, 9.17) is 8.94 Å². The third-order valence-electron chi connectivity index (χ3n) is 4.33. The van der Waals surface area contributed by atoms with Gasteiger partial charge in [-0.3, -0.25) is 9.89 Å². The number of H-pyrrole nitrogens is 1. The van der Waals surface area contributed by atoms with Crippen molar-refractivity contribution in [1.82, 2.24) is 25.2 Å². The zero-order valence-electron chi connectivity index (χ0n) is 13.2. The van der Waals surface area contributed by atoms with E-state index < -0.39 is 0 Å². The number of likely N-dealkylation sites (tertiary alicyclic amines) is 1. The molecule has 0 unspecified atom stereocenters. The van der Waals surface area contributed by atoms with Gasteiger partial charge in [-0.1, -0.05) is 5.16 Å². The fourth-order valence-corrected chi connectivity index (χ4v) is 3.00. The summed E-state index contributed by atoms with van der Waals surface area (Å²) >= 11 is 0. The molecule has 1 fully saturated rings. The number of furan rings is 1. The zero-order chi connectivity index (χ0) is 16.5. The van der Waals surface area contributed by atoms with Crippen molar-refractivity contribution in [2.45, 2.75) is 25.7 Å². The molecule has 0 aliphatic carbocycles. The number of hydrogen-bond acceptors (Lipinski definition) is 6. The highest BCUT2D eigenvalue weighted by atomic mass is 16.5. The van der Waals surface area contributed by atoms with Gasteiger partial charge in [-0.05, 0) is 31.9 Å². The Hall–Kier alpha value is -2.90. The fourth-order valence-electron chi connectivity index (χ4n) is 3.00. The molecule has 1 amide bonds. The number of hydrogen-bond donors (Lipinski definition) is 1. The maximum atomic E-state index is 12.6. The summed E-state index contributed by atoms with van der Waals surface area (Å²) in [6.45, 7) is 3.18. The molecule has 124 valence electrons. The van der Waals surface area contributed by atoms with Crippen LogP contribution in [0.15, 0.2) is 33.5 Å². The van der Waals surface area contributed by atoms with Gasteiger partial charge in [-0.25, -0.2) is 0 Å². The van der Waals surface area contributed by atoms with E-state index in [0.29, 0.717) is 30.2 Å². The minimum Gasteiger partial charge on any atom is -0.460 e. The normalized spacial score (nSPS) is 15.8. The van der Waals surface area contributed by atoms with Gasteiger partial charge in [0.15, 0.2) is 17.3 Å². The third kappa shape index (κ3) is 2.70. The molecular weight excluding hydrogens is 310 g/mol. The molecule has 24 heavy (non-hydrogen) atoms. The molecule has 0 spiro atoms. The number of rotatable bonds is 3. The SMILES string of the molecule is Cc1ccc(-c2cc(C(=O)N3CCC(c4ncon4)CC3)n[nH]2)o1. The van der Waals surface area contributed by atoms with Gasteiger partial charge in [0.25, 0.3) is 5.91 Å². The van der Waals surface area contributed by atoms with E-state index in [1.54, 1.807) is 6.07 Å². The van der Waals surface area contributed by atoms with Gasteiger partial charge >= 0.3 is 0 Å². The number of aromatic nitrogens is 4. The first-order chi connectivity index (χ1) is 11.7. The van der Waals surface area contributed by atoms with Gasteiger partial charge in [-0.15, -0.1) is 0 Å². The third-order valence-corrected chi connectivity index (χ3v) is 4.33. The molecule has 0 radical (unpaired) electrons. The second kappa shape index (κ2) is 5.95. The topological polar surface area (TPSA) is 101 Å². The number of nitrogens with zero attached hydrogens (tertiary/aromatic N) is 4. The molecule has 0 aromatic carbocycles. The standard InChI is InChI=1S/C16H17N5O3/c1-10-2-3-14(24-10)12-8-13(19-18-12)16(22)21-6-4-11(5-7-21)15-17-9-23-20-15/h2-3,8-9,11H,4-7H2,1H3,(H,18,19). The van der Waals surface area contributed by atoms with Gasteiger partial charge in [0.05, 0.1) is 0 Å². The quantitative estimate of drug-likeness (QED) is 0.792. The van der Waals surface area contributed by atoms with E-state index >= 15 is 0 Å². The molecule has 8 nitrogen and oxygen atoms in total. The Morgan fingerprint density at radius 1 is 1.33 bits per heavy atom. The van der Waals surface area contributed by atoms with Gasteiger partial charge in [-0.2, -0.15) is 10.1 Å². The summed E-state index contributed by atoms with van der Waals surface area (Å²) in [5.74, 6) is 2.38. The summed E-state index contributed by atoms with van der Waals surface area (Å²) in [5.41, 5.74) is 1.10. The highest BCUT2D eigenvalue weighted by Gasteiger charge is 2.28. The zero-order valence-corrected chi connectivity index (χ0v) is 13.2. The summed E-state index contributed by atoms with van der Waals surface area (Å²) in [5, 5.41) is 10.9. The van der Waals surface area contributed by atoms with Crippen LogP contribution in [0.25, 0.3) is 11.5 Å². The number of nitrogens with one attached hydrogen (secondary N) is 1. The Bertz CT molecular complexity index is 828. The number of piperidine rings is 1. The second-order valence-corrected chi connectivity index (χ2v) is 5.93. The van der Waals surface area contributed by atoms with Crippen LogP contribution < -0.4 is 0 Å². The van der Waals surface area contributed by atoms with Crippen LogP contribution in [0.1, 0.15) is 40.8 Å². The van der Waals surface area contributed by atoms with E-state index in [1.807, 2.05) is 24.0 Å². The molecule has 0 saturated carbocycles. The van der Waals surface area contributed by atoms with Crippen LogP contribution in [0.3, 0.4) is 0 Å². The lowest BCUT2D eigenvalue weighted by molar-refractivity contribution is 0.0704. The van der Waals surface area contributed by atoms with Crippen LogP contribution in [-0.4, -0.2) is 44.2 Å². The van der Waals surface area contributed by atoms with Crippen LogP contribution in [0.4, 0.5) is 0 Å². The molecule has 0 atom stereocenters. The first kappa shape index (κ1) is 14.7. The van der Waals surface area contributed by atoms with Crippen molar-refractivity contribution >= 4 is 5.91 Å². The van der Waals surface area contributed by atoms with Crippen LogP contribution in [0.2, 0.25) is 0 Å². The van der Waals surface area contributed by atoms with E-state index in [1.165, 1.54) is 6.39 Å². The first-order valence-electron chi connectivity index (χ1n) is 7.88. The Balaban J connectivity index is 1.42. The maximum Gasteiger partial charge on any atom is 0.274 e. The number of aromatic amines is 1. The number of carbonyl (C=O) groups excluding carboxylic acids is 1. The van der Waals surface area contributed by atoms with Crippen molar-refractivity contribution in [1.29, 1.82) is 0 Å². The van der Waals surface area contributed by atoms with Crippen molar-refractivity contribution in [2.75, 3.05) is 13.1 Å². The summed E-state index contributed by atoms with van der Waals surface area (Å²) in [4.78, 5) is 18.5. The fraction of sp³-hybridized carbons (Fsp3) is 0.375. The van der Waals surface area contributed by atoms with Crippen molar-refractivity contribution in [3.63, 3.8) is 0 Å². The summed E-state index contributed by atoms with van der Waals surface area (Å²) in [6, 6.07) is 5.46. The van der Waals surface area contributed by atoms with E-state index in [-0.39, 0.29) is 11.8 Å². The monoisotopic (exact) mass is 327 g/mol. The van der Waals surface area contributed by atoms with Gasteiger partial charge in [0.2, 0.25) is 6.39 Å². The average molecular weight is 327 g/mol. The predicted octanol–water partition coefficient (Wildman–Crippen LogP) is 2.38. The molecular formula is C16H17N5O3. The van der Waals surface area contributed by atoms with Gasteiger partial charge in [0, 0.05) is 25.1 Å². The smallest absolute Gasteiger partial charge is 0.274 e. The van der Waals surface area contributed by atoms with Crippen molar-refractivity contribution in [3.05, 3.63) is 41.9 Å². The minimum absolute atomic E-state index is 0.0765. The van der Waals surface area contributed by atoms with E-state index in [9.17, 15) is 4.79 Å². The number of carbonyl (C=O) groups is 1. The minimum atomic E-state index is -0.0765. The van der Waals surface area contributed by atoms with Crippen molar-refractivity contribution in [2.24, 2.45) is 0 Å². The molecule has 1 aliphatic heterocycles. The molecule has 1 saturated heterocycles. The summed E-state index contributed by atoms with van der Waals surface area (Å²) in [6.07, 6.45) is 2.98. The van der Waals surface area contributed by atoms with Crippen molar-refractivity contribution in [3.8, 4) is 11.5 Å². The molecule has 0 bridgehead atoms. The molecule has 8 heteroatoms.